The van der Waals surface area contributed by atoms with Gasteiger partial charge in [0.1, 0.15) is 17.6 Å². The first-order valence-electron chi connectivity index (χ1n) is 7.45. The van der Waals surface area contributed by atoms with E-state index < -0.39 is 11.9 Å². The number of carbonyl (C=O) groups excluding carboxylic acids is 1. The van der Waals surface area contributed by atoms with Gasteiger partial charge in [0.15, 0.2) is 4.34 Å². The third kappa shape index (κ3) is 4.16. The van der Waals surface area contributed by atoms with Crippen LogP contribution in [0.1, 0.15) is 12.8 Å². The lowest BCUT2D eigenvalue weighted by Crippen LogP contribution is -2.36. The number of morpholine rings is 1. The van der Waals surface area contributed by atoms with Crippen molar-refractivity contribution in [2.75, 3.05) is 31.2 Å². The van der Waals surface area contributed by atoms with Gasteiger partial charge in [0, 0.05) is 13.1 Å². The van der Waals surface area contributed by atoms with Crippen LogP contribution in [0.4, 0.5) is 5.69 Å². The molecule has 3 rings (SSSR count). The normalized spacial score (nSPS) is 14.8. The molecule has 1 aliphatic heterocycles. The number of carboxylic acid groups (broad SMARTS) is 1. The molecule has 24 heavy (non-hydrogen) atoms. The Labute approximate surface area is 146 Å². The fraction of sp³-hybridized carbons (Fsp3) is 0.400. The Morgan fingerprint density at radius 1 is 1.33 bits per heavy atom. The third-order valence-electron chi connectivity index (χ3n) is 3.48. The lowest BCUT2D eigenvalue weighted by molar-refractivity contribution is -0.141. The van der Waals surface area contributed by atoms with Crippen molar-refractivity contribution >= 4 is 51.2 Å². The van der Waals surface area contributed by atoms with Crippen LogP contribution < -0.4 is 4.90 Å². The summed E-state index contributed by atoms with van der Waals surface area (Å²) in [5, 5.41) is 8.56. The maximum atomic E-state index is 11.5. The van der Waals surface area contributed by atoms with Crippen molar-refractivity contribution in [3.8, 4) is 0 Å². The Hall–Kier alpha value is -1.84. The lowest BCUT2D eigenvalue weighted by Gasteiger charge is -2.28. The molecule has 0 aliphatic carbocycles. The van der Waals surface area contributed by atoms with E-state index in [4.69, 9.17) is 14.0 Å². The standard InChI is InChI=1S/C15H16N2O5S2/c18-12(19)4-5-13(20)22-24-15-16-14-10(2-1-3-11(14)23-15)17-6-8-21-9-7-17/h1-3H,4-9H2,(H,18,19). The van der Waals surface area contributed by atoms with Gasteiger partial charge in [-0.05, 0) is 12.1 Å². The van der Waals surface area contributed by atoms with Gasteiger partial charge in [-0.15, -0.1) is 11.3 Å². The van der Waals surface area contributed by atoms with Crippen molar-refractivity contribution in [2.24, 2.45) is 0 Å². The molecular weight excluding hydrogens is 352 g/mol. The van der Waals surface area contributed by atoms with Gasteiger partial charge in [-0.25, -0.2) is 4.98 Å². The maximum Gasteiger partial charge on any atom is 0.318 e. The molecule has 7 nitrogen and oxygen atoms in total. The summed E-state index contributed by atoms with van der Waals surface area (Å²) in [6.45, 7) is 3.04. The number of para-hydroxylation sites is 1. The molecular formula is C15H16N2O5S2. The monoisotopic (exact) mass is 368 g/mol. The Balaban J connectivity index is 1.69. The molecule has 2 heterocycles. The molecule has 0 atom stereocenters. The van der Waals surface area contributed by atoms with Crippen LogP contribution in [0.3, 0.4) is 0 Å². The molecule has 0 radical (unpaired) electrons. The molecule has 0 amide bonds. The highest BCUT2D eigenvalue weighted by molar-refractivity contribution is 7.97. The summed E-state index contributed by atoms with van der Waals surface area (Å²) in [7, 11) is 0. The second-order valence-electron chi connectivity index (χ2n) is 5.14. The number of carboxylic acids is 1. The SMILES string of the molecule is O=C(O)CCC(=O)OSc1nc2c(N3CCOCC3)cccc2s1. The van der Waals surface area contributed by atoms with E-state index in [0.29, 0.717) is 17.6 Å². The van der Waals surface area contributed by atoms with Gasteiger partial charge in [-0.2, -0.15) is 0 Å². The van der Waals surface area contributed by atoms with Gasteiger partial charge in [-0.1, -0.05) is 6.07 Å². The van der Waals surface area contributed by atoms with Crippen molar-refractivity contribution < 1.29 is 23.6 Å². The summed E-state index contributed by atoms with van der Waals surface area (Å²) in [5.41, 5.74) is 1.93. The van der Waals surface area contributed by atoms with Crippen LogP contribution in [-0.4, -0.2) is 48.3 Å². The molecule has 0 unspecified atom stereocenters. The van der Waals surface area contributed by atoms with E-state index >= 15 is 0 Å². The first kappa shape index (κ1) is 17.0. The maximum absolute atomic E-state index is 11.5. The van der Waals surface area contributed by atoms with Gasteiger partial charge in [0.2, 0.25) is 0 Å². The average molecular weight is 368 g/mol. The number of hydrogen-bond donors (Lipinski definition) is 1. The Bertz CT molecular complexity index is 743. The predicted octanol–water partition coefficient (Wildman–Crippen LogP) is 2.55. The zero-order chi connectivity index (χ0) is 16.9. The number of thiazole rings is 1. The summed E-state index contributed by atoms with van der Waals surface area (Å²) in [4.78, 5) is 28.7. The molecule has 0 saturated carbocycles. The average Bonchev–Trinajstić information content (AvgIpc) is 3.02. The minimum Gasteiger partial charge on any atom is -0.481 e. The largest absolute Gasteiger partial charge is 0.481 e. The highest BCUT2D eigenvalue weighted by atomic mass is 32.2. The van der Waals surface area contributed by atoms with E-state index in [0.717, 1.165) is 41.0 Å². The van der Waals surface area contributed by atoms with Crippen LogP contribution in [-0.2, 0) is 18.5 Å². The molecule has 1 fully saturated rings. The number of fused-ring (bicyclic) bond motifs is 1. The molecule has 1 N–H and O–H groups in total. The van der Waals surface area contributed by atoms with Crippen molar-refractivity contribution in [3.05, 3.63) is 18.2 Å². The number of aliphatic carboxylic acids is 1. The van der Waals surface area contributed by atoms with E-state index in [2.05, 4.69) is 9.88 Å². The Kier molecular flexibility index (Phi) is 5.54. The number of aromatic nitrogens is 1. The minimum atomic E-state index is -1.02. The summed E-state index contributed by atoms with van der Waals surface area (Å²) >= 11 is 2.33. The quantitative estimate of drug-likeness (QED) is 0.778. The number of benzene rings is 1. The first-order valence-corrected chi connectivity index (χ1v) is 9.00. The molecule has 9 heteroatoms. The number of ether oxygens (including phenoxy) is 1. The van der Waals surface area contributed by atoms with Crippen LogP contribution in [0.5, 0.6) is 0 Å². The third-order valence-corrected chi connectivity index (χ3v) is 5.25. The highest BCUT2D eigenvalue weighted by Crippen LogP contribution is 2.35. The van der Waals surface area contributed by atoms with Crippen LogP contribution in [0.25, 0.3) is 10.2 Å². The summed E-state index contributed by atoms with van der Waals surface area (Å²) in [5.74, 6) is -1.58. The lowest BCUT2D eigenvalue weighted by atomic mass is 10.2. The van der Waals surface area contributed by atoms with Crippen molar-refractivity contribution in [2.45, 2.75) is 17.2 Å². The second-order valence-corrected chi connectivity index (χ2v) is 7.14. The van der Waals surface area contributed by atoms with Gasteiger partial charge in [0.05, 0.1) is 36.4 Å². The summed E-state index contributed by atoms with van der Waals surface area (Å²) < 4.78 is 12.0. The molecule has 1 aromatic carbocycles. The van der Waals surface area contributed by atoms with Crippen LogP contribution in [0, 0.1) is 0 Å². The van der Waals surface area contributed by atoms with E-state index in [9.17, 15) is 9.59 Å². The zero-order valence-electron chi connectivity index (χ0n) is 12.8. The van der Waals surface area contributed by atoms with Crippen molar-refractivity contribution in [1.82, 2.24) is 4.98 Å². The van der Waals surface area contributed by atoms with Crippen molar-refractivity contribution in [3.63, 3.8) is 0 Å². The molecule has 0 spiro atoms. The van der Waals surface area contributed by atoms with E-state index in [1.54, 1.807) is 0 Å². The molecule has 1 aliphatic rings. The minimum absolute atomic E-state index is 0.147. The molecule has 2 aromatic rings. The van der Waals surface area contributed by atoms with E-state index in [1.165, 1.54) is 11.3 Å². The number of hydrogen-bond acceptors (Lipinski definition) is 8. The van der Waals surface area contributed by atoms with Gasteiger partial charge in [0.25, 0.3) is 0 Å². The fourth-order valence-electron chi connectivity index (χ4n) is 2.34. The van der Waals surface area contributed by atoms with Gasteiger partial charge < -0.3 is 18.9 Å². The van der Waals surface area contributed by atoms with Crippen molar-refractivity contribution in [1.29, 1.82) is 0 Å². The van der Waals surface area contributed by atoms with Crippen LogP contribution >= 0.6 is 23.4 Å². The van der Waals surface area contributed by atoms with Gasteiger partial charge in [-0.3, -0.25) is 9.59 Å². The molecule has 0 bridgehead atoms. The summed E-state index contributed by atoms with van der Waals surface area (Å²) in [6.07, 6.45) is -0.382. The van der Waals surface area contributed by atoms with Crippen LogP contribution in [0.2, 0.25) is 0 Å². The summed E-state index contributed by atoms with van der Waals surface area (Å²) in [6, 6.07) is 5.99. The second kappa shape index (κ2) is 7.82. The number of nitrogens with zero attached hydrogens (tertiary/aromatic N) is 2. The molecule has 1 aromatic heterocycles. The number of rotatable bonds is 6. The number of anilines is 1. The molecule has 128 valence electrons. The smallest absolute Gasteiger partial charge is 0.318 e. The van der Waals surface area contributed by atoms with E-state index in [-0.39, 0.29) is 12.8 Å². The Morgan fingerprint density at radius 3 is 2.88 bits per heavy atom. The Morgan fingerprint density at radius 2 is 2.12 bits per heavy atom. The number of carbonyl (C=O) groups is 2. The first-order chi connectivity index (χ1) is 11.6. The fourth-order valence-corrected chi connectivity index (χ4v) is 3.94. The zero-order valence-corrected chi connectivity index (χ0v) is 14.4. The predicted molar refractivity (Wildman–Crippen MR) is 91.5 cm³/mol. The van der Waals surface area contributed by atoms with Gasteiger partial charge >= 0.3 is 11.9 Å². The van der Waals surface area contributed by atoms with E-state index in [1.807, 2.05) is 18.2 Å². The highest BCUT2D eigenvalue weighted by Gasteiger charge is 2.17. The molecule has 1 saturated heterocycles. The van der Waals surface area contributed by atoms with Crippen LogP contribution in [0.15, 0.2) is 22.5 Å². The topological polar surface area (TPSA) is 89.0 Å².